The molecule has 5 nitrogen and oxygen atoms in total. The maximum atomic E-state index is 12.4. The minimum absolute atomic E-state index is 0.241. The molecule has 2 N–H and O–H groups in total. The van der Waals surface area contributed by atoms with Gasteiger partial charge in [-0.05, 0) is 55.2 Å². The third-order valence-corrected chi connectivity index (χ3v) is 5.49. The third kappa shape index (κ3) is 5.56. The van der Waals surface area contributed by atoms with Gasteiger partial charge < -0.3 is 5.32 Å². The molecule has 0 saturated carbocycles. The number of nitrogens with zero attached hydrogens (tertiary/aromatic N) is 1. The molecule has 0 aliphatic rings. The number of sulfonamides is 1. The van der Waals surface area contributed by atoms with Crippen LogP contribution in [0.3, 0.4) is 0 Å². The fourth-order valence-electron chi connectivity index (χ4n) is 2.71. The highest BCUT2D eigenvalue weighted by atomic mass is 32.2. The zero-order chi connectivity index (χ0) is 19.1. The van der Waals surface area contributed by atoms with Crippen LogP contribution in [0.25, 0.3) is 0 Å². The fourth-order valence-corrected chi connectivity index (χ4v) is 3.86. The summed E-state index contributed by atoms with van der Waals surface area (Å²) in [6.45, 7) is 2.66. The van der Waals surface area contributed by atoms with Gasteiger partial charge in [0.2, 0.25) is 0 Å². The van der Waals surface area contributed by atoms with Crippen molar-refractivity contribution in [2.75, 3.05) is 16.6 Å². The smallest absolute Gasteiger partial charge is 0.261 e. The third-order valence-electron chi connectivity index (χ3n) is 4.11. The second-order valence-electron chi connectivity index (χ2n) is 6.37. The first kappa shape index (κ1) is 18.9. The van der Waals surface area contributed by atoms with Gasteiger partial charge in [0.25, 0.3) is 10.0 Å². The molecule has 0 saturated heterocycles. The molecular weight excluding hydrogens is 358 g/mol. The molecule has 0 amide bonds. The second kappa shape index (κ2) is 8.68. The van der Waals surface area contributed by atoms with Gasteiger partial charge in [0.15, 0.2) is 0 Å². The first-order valence-corrected chi connectivity index (χ1v) is 10.3. The first-order chi connectivity index (χ1) is 13.0. The molecular formula is C21H23N3O2S. The Kier molecular flexibility index (Phi) is 6.08. The molecule has 0 bridgehead atoms. The van der Waals surface area contributed by atoms with Crippen molar-refractivity contribution in [2.45, 2.75) is 24.7 Å². The SMILES string of the molecule is Cc1cccc(S(=O)(=O)Nc2ccc(NCCCc3ccccc3)nc2)c1. The number of anilines is 2. The highest BCUT2D eigenvalue weighted by Gasteiger charge is 2.14. The van der Waals surface area contributed by atoms with Gasteiger partial charge in [-0.1, -0.05) is 42.5 Å². The molecule has 3 aromatic rings. The molecule has 6 heteroatoms. The topological polar surface area (TPSA) is 71.1 Å². The zero-order valence-electron chi connectivity index (χ0n) is 15.2. The van der Waals surface area contributed by atoms with E-state index in [1.54, 1.807) is 30.3 Å². The normalized spacial score (nSPS) is 11.1. The second-order valence-corrected chi connectivity index (χ2v) is 8.05. The number of aryl methyl sites for hydroxylation is 2. The van der Waals surface area contributed by atoms with Crippen molar-refractivity contribution in [3.63, 3.8) is 0 Å². The lowest BCUT2D eigenvalue weighted by Gasteiger charge is -2.10. The van der Waals surface area contributed by atoms with E-state index in [1.807, 2.05) is 31.2 Å². The van der Waals surface area contributed by atoms with Crippen molar-refractivity contribution >= 4 is 21.5 Å². The van der Waals surface area contributed by atoms with Crippen molar-refractivity contribution in [3.8, 4) is 0 Å². The molecule has 0 spiro atoms. The van der Waals surface area contributed by atoms with Crippen LogP contribution in [0.5, 0.6) is 0 Å². The Hall–Kier alpha value is -2.86. The molecule has 27 heavy (non-hydrogen) atoms. The van der Waals surface area contributed by atoms with Gasteiger partial charge in [0.1, 0.15) is 5.82 Å². The van der Waals surface area contributed by atoms with Crippen LogP contribution in [0, 0.1) is 6.92 Å². The van der Waals surface area contributed by atoms with E-state index in [0.717, 1.165) is 30.8 Å². The summed E-state index contributed by atoms with van der Waals surface area (Å²) in [4.78, 5) is 4.52. The average Bonchev–Trinajstić information content (AvgIpc) is 2.67. The number of pyridine rings is 1. The first-order valence-electron chi connectivity index (χ1n) is 8.86. The summed E-state index contributed by atoms with van der Waals surface area (Å²) in [5.74, 6) is 0.724. The van der Waals surface area contributed by atoms with Crippen molar-refractivity contribution in [3.05, 3.63) is 84.1 Å². The number of nitrogens with one attached hydrogen (secondary N) is 2. The number of aromatic nitrogens is 1. The summed E-state index contributed by atoms with van der Waals surface area (Å²) in [7, 11) is -3.61. The predicted octanol–water partition coefficient (Wildman–Crippen LogP) is 4.24. The molecule has 0 unspecified atom stereocenters. The largest absolute Gasteiger partial charge is 0.370 e. The lowest BCUT2D eigenvalue weighted by molar-refractivity contribution is 0.601. The standard InChI is InChI=1S/C21H23N3O2S/c1-17-7-5-11-20(15-17)27(25,26)24-19-12-13-21(23-16-19)22-14-6-10-18-8-3-2-4-9-18/h2-5,7-9,11-13,15-16,24H,6,10,14H2,1H3,(H,22,23). The van der Waals surface area contributed by atoms with E-state index in [0.29, 0.717) is 5.69 Å². The lowest BCUT2D eigenvalue weighted by Crippen LogP contribution is -2.13. The van der Waals surface area contributed by atoms with Crippen LogP contribution in [0.15, 0.2) is 77.8 Å². The van der Waals surface area contributed by atoms with Crippen LogP contribution in [0.4, 0.5) is 11.5 Å². The maximum absolute atomic E-state index is 12.4. The van der Waals surface area contributed by atoms with Gasteiger partial charge in [-0.2, -0.15) is 0 Å². The Bertz CT molecular complexity index is 972. The molecule has 1 heterocycles. The lowest BCUT2D eigenvalue weighted by atomic mass is 10.1. The average molecular weight is 382 g/mol. The number of benzene rings is 2. The summed E-state index contributed by atoms with van der Waals surface area (Å²) in [6, 6.07) is 20.6. The Morgan fingerprint density at radius 1 is 0.963 bits per heavy atom. The van der Waals surface area contributed by atoms with Crippen LogP contribution >= 0.6 is 0 Å². The van der Waals surface area contributed by atoms with Crippen molar-refractivity contribution in [2.24, 2.45) is 0 Å². The van der Waals surface area contributed by atoms with Gasteiger partial charge in [0, 0.05) is 6.54 Å². The van der Waals surface area contributed by atoms with Crippen LogP contribution in [0.1, 0.15) is 17.5 Å². The summed E-state index contributed by atoms with van der Waals surface area (Å²) >= 11 is 0. The van der Waals surface area contributed by atoms with Crippen molar-refractivity contribution in [1.82, 2.24) is 4.98 Å². The number of rotatable bonds is 8. The molecule has 0 atom stereocenters. The Labute approximate surface area is 160 Å². The summed E-state index contributed by atoms with van der Waals surface area (Å²) < 4.78 is 27.4. The molecule has 1 aromatic heterocycles. The van der Waals surface area contributed by atoms with E-state index in [1.165, 1.54) is 11.8 Å². The quantitative estimate of drug-likeness (QED) is 0.573. The molecule has 0 fully saturated rings. The molecule has 0 aliphatic carbocycles. The van der Waals surface area contributed by atoms with Crippen molar-refractivity contribution in [1.29, 1.82) is 0 Å². The molecule has 0 radical (unpaired) electrons. The van der Waals surface area contributed by atoms with E-state index in [9.17, 15) is 8.42 Å². The van der Waals surface area contributed by atoms with Gasteiger partial charge in [0.05, 0.1) is 16.8 Å². The van der Waals surface area contributed by atoms with E-state index in [2.05, 4.69) is 27.2 Å². The fraction of sp³-hybridized carbons (Fsp3) is 0.190. The van der Waals surface area contributed by atoms with E-state index in [-0.39, 0.29) is 4.90 Å². The molecule has 0 aliphatic heterocycles. The Morgan fingerprint density at radius 2 is 1.78 bits per heavy atom. The predicted molar refractivity (Wildman–Crippen MR) is 109 cm³/mol. The highest BCUT2D eigenvalue weighted by Crippen LogP contribution is 2.17. The minimum atomic E-state index is -3.61. The van der Waals surface area contributed by atoms with E-state index < -0.39 is 10.0 Å². The van der Waals surface area contributed by atoms with Crippen LogP contribution in [-0.4, -0.2) is 19.9 Å². The monoisotopic (exact) mass is 381 g/mol. The zero-order valence-corrected chi connectivity index (χ0v) is 16.0. The van der Waals surface area contributed by atoms with Crippen LogP contribution < -0.4 is 10.0 Å². The molecule has 2 aromatic carbocycles. The summed E-state index contributed by atoms with van der Waals surface area (Å²) in [5.41, 5.74) is 2.64. The molecule has 140 valence electrons. The van der Waals surface area contributed by atoms with Gasteiger partial charge in [-0.15, -0.1) is 0 Å². The van der Waals surface area contributed by atoms with Gasteiger partial charge in [-0.3, -0.25) is 4.72 Å². The summed E-state index contributed by atoms with van der Waals surface area (Å²) in [6.07, 6.45) is 3.52. The minimum Gasteiger partial charge on any atom is -0.370 e. The van der Waals surface area contributed by atoms with E-state index >= 15 is 0 Å². The molecule has 3 rings (SSSR count). The Morgan fingerprint density at radius 3 is 2.48 bits per heavy atom. The maximum Gasteiger partial charge on any atom is 0.261 e. The van der Waals surface area contributed by atoms with Crippen molar-refractivity contribution < 1.29 is 8.42 Å². The summed E-state index contributed by atoms with van der Waals surface area (Å²) in [5, 5.41) is 3.26. The number of hydrogen-bond donors (Lipinski definition) is 2. The highest BCUT2D eigenvalue weighted by molar-refractivity contribution is 7.92. The van der Waals surface area contributed by atoms with Gasteiger partial charge in [-0.25, -0.2) is 13.4 Å². The van der Waals surface area contributed by atoms with Gasteiger partial charge >= 0.3 is 0 Å². The van der Waals surface area contributed by atoms with Crippen LogP contribution in [-0.2, 0) is 16.4 Å². The Balaban J connectivity index is 1.52. The van der Waals surface area contributed by atoms with Crippen LogP contribution in [0.2, 0.25) is 0 Å². The number of hydrogen-bond acceptors (Lipinski definition) is 4. The van der Waals surface area contributed by atoms with E-state index in [4.69, 9.17) is 0 Å².